The minimum absolute atomic E-state index is 0. The van der Waals surface area contributed by atoms with E-state index in [4.69, 9.17) is 4.74 Å². The molecule has 0 spiro atoms. The maximum Gasteiger partial charge on any atom is 0.194 e. The van der Waals surface area contributed by atoms with E-state index in [9.17, 15) is 0 Å². The molecule has 0 radical (unpaired) electrons. The standard InChI is InChI=1S/C18H28N6O.HI/c1-6-19-18(20-12-17-22-21-14(3)24(17)5)23(4)13-15-8-10-16(11-9-15)25-7-2;/h8-11H,6-7,12-13H2,1-5H3,(H,19,20);1H. The van der Waals surface area contributed by atoms with Crippen LogP contribution < -0.4 is 10.1 Å². The molecule has 0 unspecified atom stereocenters. The fraction of sp³-hybridized carbons (Fsp3) is 0.500. The van der Waals surface area contributed by atoms with Crippen LogP contribution in [0.5, 0.6) is 5.75 Å². The molecule has 0 aliphatic rings. The minimum Gasteiger partial charge on any atom is -0.494 e. The molecule has 1 aromatic heterocycles. The molecular formula is C18H29IN6O. The van der Waals surface area contributed by atoms with Crippen molar-refractivity contribution in [3.8, 4) is 5.75 Å². The third-order valence-electron chi connectivity index (χ3n) is 3.90. The topological polar surface area (TPSA) is 67.6 Å². The first-order chi connectivity index (χ1) is 12.0. The second kappa shape index (κ2) is 11.0. The van der Waals surface area contributed by atoms with Gasteiger partial charge in [0.25, 0.3) is 0 Å². The van der Waals surface area contributed by atoms with Crippen molar-refractivity contribution in [1.82, 2.24) is 25.0 Å². The molecule has 0 aliphatic carbocycles. The largest absolute Gasteiger partial charge is 0.494 e. The maximum atomic E-state index is 5.49. The molecule has 144 valence electrons. The summed E-state index contributed by atoms with van der Waals surface area (Å²) in [4.78, 5) is 6.78. The van der Waals surface area contributed by atoms with Gasteiger partial charge in [0.2, 0.25) is 0 Å². The number of nitrogens with zero attached hydrogens (tertiary/aromatic N) is 5. The summed E-state index contributed by atoms with van der Waals surface area (Å²) >= 11 is 0. The van der Waals surface area contributed by atoms with Crippen molar-refractivity contribution in [2.24, 2.45) is 12.0 Å². The van der Waals surface area contributed by atoms with Crippen LogP contribution in [0.2, 0.25) is 0 Å². The zero-order valence-corrected chi connectivity index (χ0v) is 18.5. The van der Waals surface area contributed by atoms with E-state index in [0.29, 0.717) is 13.2 Å². The molecule has 1 heterocycles. The Balaban J connectivity index is 0.00000338. The lowest BCUT2D eigenvalue weighted by Gasteiger charge is -2.22. The first kappa shape index (κ1) is 22.2. The predicted molar refractivity (Wildman–Crippen MR) is 115 cm³/mol. The van der Waals surface area contributed by atoms with Gasteiger partial charge in [-0.15, -0.1) is 34.2 Å². The first-order valence-electron chi connectivity index (χ1n) is 8.61. The summed E-state index contributed by atoms with van der Waals surface area (Å²) in [6.45, 7) is 8.72. The summed E-state index contributed by atoms with van der Waals surface area (Å²) in [5.41, 5.74) is 1.20. The monoisotopic (exact) mass is 472 g/mol. The number of aliphatic imine (C=N–C) groups is 1. The summed E-state index contributed by atoms with van der Waals surface area (Å²) in [6, 6.07) is 8.16. The summed E-state index contributed by atoms with van der Waals surface area (Å²) in [6.07, 6.45) is 0. The van der Waals surface area contributed by atoms with Crippen LogP contribution in [-0.4, -0.2) is 45.8 Å². The summed E-state index contributed by atoms with van der Waals surface area (Å²) < 4.78 is 7.45. The Morgan fingerprint density at radius 1 is 1.23 bits per heavy atom. The summed E-state index contributed by atoms with van der Waals surface area (Å²) in [5, 5.41) is 11.6. The molecule has 0 saturated carbocycles. The normalized spacial score (nSPS) is 11.0. The highest BCUT2D eigenvalue weighted by Gasteiger charge is 2.09. The Hall–Kier alpha value is -1.84. The fourth-order valence-corrected chi connectivity index (χ4v) is 2.41. The van der Waals surface area contributed by atoms with Crippen LogP contribution in [0.25, 0.3) is 0 Å². The third kappa shape index (κ3) is 6.15. The van der Waals surface area contributed by atoms with Gasteiger partial charge in [-0.1, -0.05) is 12.1 Å². The van der Waals surface area contributed by atoms with E-state index >= 15 is 0 Å². The van der Waals surface area contributed by atoms with Crippen LogP contribution in [0.15, 0.2) is 29.3 Å². The SMILES string of the molecule is CCNC(=NCc1nnc(C)n1C)N(C)Cc1ccc(OCC)cc1.I. The quantitative estimate of drug-likeness (QED) is 0.382. The van der Waals surface area contributed by atoms with Crippen molar-refractivity contribution in [3.63, 3.8) is 0 Å². The number of nitrogens with one attached hydrogen (secondary N) is 1. The number of benzene rings is 1. The zero-order valence-electron chi connectivity index (χ0n) is 16.2. The van der Waals surface area contributed by atoms with E-state index < -0.39 is 0 Å². The van der Waals surface area contributed by atoms with E-state index in [1.54, 1.807) is 0 Å². The van der Waals surface area contributed by atoms with E-state index in [1.807, 2.05) is 44.6 Å². The Morgan fingerprint density at radius 3 is 2.46 bits per heavy atom. The molecule has 0 aliphatic heterocycles. The molecular weight excluding hydrogens is 443 g/mol. The molecule has 0 amide bonds. The molecule has 2 aromatic rings. The predicted octanol–water partition coefficient (Wildman–Crippen LogP) is 2.74. The van der Waals surface area contributed by atoms with Crippen LogP contribution >= 0.6 is 24.0 Å². The lowest BCUT2D eigenvalue weighted by molar-refractivity contribution is 0.340. The Morgan fingerprint density at radius 2 is 1.92 bits per heavy atom. The molecule has 0 fully saturated rings. The van der Waals surface area contributed by atoms with Crippen molar-refractivity contribution in [3.05, 3.63) is 41.5 Å². The van der Waals surface area contributed by atoms with Crippen molar-refractivity contribution in [2.75, 3.05) is 20.2 Å². The number of hydrogen-bond donors (Lipinski definition) is 1. The molecule has 8 heteroatoms. The number of ether oxygens (including phenoxy) is 1. The lowest BCUT2D eigenvalue weighted by atomic mass is 10.2. The second-order valence-corrected chi connectivity index (χ2v) is 5.83. The highest BCUT2D eigenvalue weighted by atomic mass is 127. The van der Waals surface area contributed by atoms with Crippen LogP contribution in [0.3, 0.4) is 0 Å². The van der Waals surface area contributed by atoms with Crippen molar-refractivity contribution < 1.29 is 4.74 Å². The van der Waals surface area contributed by atoms with Gasteiger partial charge in [0.1, 0.15) is 18.1 Å². The molecule has 26 heavy (non-hydrogen) atoms. The van der Waals surface area contributed by atoms with Gasteiger partial charge in [-0.2, -0.15) is 0 Å². The number of halogens is 1. The van der Waals surface area contributed by atoms with Gasteiger partial charge in [0.15, 0.2) is 11.8 Å². The van der Waals surface area contributed by atoms with E-state index in [-0.39, 0.29) is 24.0 Å². The molecule has 7 nitrogen and oxygen atoms in total. The third-order valence-corrected chi connectivity index (χ3v) is 3.90. The average molecular weight is 472 g/mol. The van der Waals surface area contributed by atoms with Crippen LogP contribution in [0.1, 0.15) is 31.1 Å². The minimum atomic E-state index is 0. The fourth-order valence-electron chi connectivity index (χ4n) is 2.41. The summed E-state index contributed by atoms with van der Waals surface area (Å²) in [5.74, 6) is 3.48. The van der Waals surface area contributed by atoms with Crippen LogP contribution in [0.4, 0.5) is 0 Å². The number of guanidine groups is 1. The number of aryl methyl sites for hydroxylation is 1. The van der Waals surface area contributed by atoms with Crippen LogP contribution in [0, 0.1) is 6.92 Å². The maximum absolute atomic E-state index is 5.49. The average Bonchev–Trinajstić information content (AvgIpc) is 2.92. The smallest absolute Gasteiger partial charge is 0.194 e. The lowest BCUT2D eigenvalue weighted by Crippen LogP contribution is -2.38. The Kier molecular flexibility index (Phi) is 9.39. The highest BCUT2D eigenvalue weighted by Crippen LogP contribution is 2.13. The first-order valence-corrected chi connectivity index (χ1v) is 8.61. The molecule has 1 N–H and O–H groups in total. The van der Waals surface area contributed by atoms with Crippen molar-refractivity contribution in [2.45, 2.75) is 33.9 Å². The van der Waals surface area contributed by atoms with E-state index in [0.717, 1.165) is 36.4 Å². The molecule has 2 rings (SSSR count). The van der Waals surface area contributed by atoms with E-state index in [1.165, 1.54) is 5.56 Å². The molecule has 0 atom stereocenters. The summed E-state index contributed by atoms with van der Waals surface area (Å²) in [7, 11) is 3.98. The van der Waals surface area contributed by atoms with Gasteiger partial charge in [-0.25, -0.2) is 4.99 Å². The van der Waals surface area contributed by atoms with Gasteiger partial charge < -0.3 is 19.5 Å². The van der Waals surface area contributed by atoms with E-state index in [2.05, 4.69) is 44.5 Å². The number of hydrogen-bond acceptors (Lipinski definition) is 4. The second-order valence-electron chi connectivity index (χ2n) is 5.83. The van der Waals surface area contributed by atoms with Gasteiger partial charge >= 0.3 is 0 Å². The van der Waals surface area contributed by atoms with Gasteiger partial charge in [-0.05, 0) is 38.5 Å². The number of rotatable bonds is 7. The number of aromatic nitrogens is 3. The van der Waals surface area contributed by atoms with Crippen LogP contribution in [-0.2, 0) is 20.1 Å². The molecule has 1 aromatic carbocycles. The van der Waals surface area contributed by atoms with Gasteiger partial charge in [0.05, 0.1) is 6.61 Å². The van der Waals surface area contributed by atoms with Crippen molar-refractivity contribution >= 4 is 29.9 Å². The Labute approximate surface area is 172 Å². The van der Waals surface area contributed by atoms with Gasteiger partial charge in [-0.3, -0.25) is 0 Å². The van der Waals surface area contributed by atoms with Gasteiger partial charge in [0, 0.05) is 27.2 Å². The van der Waals surface area contributed by atoms with Crippen molar-refractivity contribution in [1.29, 1.82) is 0 Å². The Bertz CT molecular complexity index is 698. The zero-order chi connectivity index (χ0) is 18.2. The molecule has 0 saturated heterocycles. The highest BCUT2D eigenvalue weighted by molar-refractivity contribution is 14.0. The molecule has 0 bridgehead atoms.